The zero-order chi connectivity index (χ0) is 14.0. The number of rotatable bonds is 6. The molecule has 0 heterocycles. The van der Waals surface area contributed by atoms with Gasteiger partial charge in [-0.15, -0.1) is 0 Å². The lowest BCUT2D eigenvalue weighted by molar-refractivity contribution is -0.153. The molecule has 3 nitrogen and oxygen atoms in total. The van der Waals surface area contributed by atoms with Crippen LogP contribution in [-0.4, -0.2) is 35.1 Å². The van der Waals surface area contributed by atoms with Gasteiger partial charge in [0.05, 0.1) is 5.41 Å². The first-order chi connectivity index (χ1) is 8.93. The van der Waals surface area contributed by atoms with Gasteiger partial charge in [-0.3, -0.25) is 9.69 Å². The number of nitrogens with zero attached hydrogens (tertiary/aromatic N) is 1. The molecule has 0 spiro atoms. The van der Waals surface area contributed by atoms with Gasteiger partial charge < -0.3 is 5.11 Å². The molecule has 0 aromatic heterocycles. The number of hydrogen-bond donors (Lipinski definition) is 1. The van der Waals surface area contributed by atoms with Gasteiger partial charge in [0.2, 0.25) is 0 Å². The van der Waals surface area contributed by atoms with E-state index in [1.807, 2.05) is 0 Å². The molecule has 0 amide bonds. The van der Waals surface area contributed by atoms with Crippen LogP contribution in [0.1, 0.15) is 59.3 Å². The minimum atomic E-state index is -0.569. The predicted molar refractivity (Wildman–Crippen MR) is 77.1 cm³/mol. The van der Waals surface area contributed by atoms with Gasteiger partial charge in [0.1, 0.15) is 0 Å². The molecular weight excluding hydrogens is 238 g/mol. The molecule has 0 unspecified atom stereocenters. The third-order valence-electron chi connectivity index (χ3n) is 5.11. The standard InChI is InChI=1S/C16H29NO2/c1-12(2)17(10-14-4-5-14)11-16(15(18)19)8-6-13(3)7-9-16/h12-14H,4-11H2,1-3H3,(H,18,19). The summed E-state index contributed by atoms with van der Waals surface area (Å²) in [6, 6.07) is 0.455. The summed E-state index contributed by atoms with van der Waals surface area (Å²) in [5.41, 5.74) is -0.480. The van der Waals surface area contributed by atoms with Crippen molar-refractivity contribution < 1.29 is 9.90 Å². The van der Waals surface area contributed by atoms with Crippen molar-refractivity contribution in [2.45, 2.75) is 65.3 Å². The average molecular weight is 267 g/mol. The Balaban J connectivity index is 2.03. The quantitative estimate of drug-likeness (QED) is 0.802. The Morgan fingerprint density at radius 1 is 1.26 bits per heavy atom. The Labute approximate surface area is 117 Å². The van der Waals surface area contributed by atoms with Crippen LogP contribution in [0, 0.1) is 17.3 Å². The van der Waals surface area contributed by atoms with Crippen LogP contribution in [0.25, 0.3) is 0 Å². The summed E-state index contributed by atoms with van der Waals surface area (Å²) in [7, 11) is 0. The largest absolute Gasteiger partial charge is 0.481 e. The van der Waals surface area contributed by atoms with E-state index in [1.165, 1.54) is 12.8 Å². The first-order valence-electron chi connectivity index (χ1n) is 7.90. The van der Waals surface area contributed by atoms with Crippen molar-refractivity contribution in [3.8, 4) is 0 Å². The van der Waals surface area contributed by atoms with Crippen molar-refractivity contribution in [2.75, 3.05) is 13.1 Å². The molecule has 0 radical (unpaired) electrons. The Bertz CT molecular complexity index is 315. The average Bonchev–Trinajstić information content (AvgIpc) is 3.15. The normalized spacial score (nSPS) is 31.9. The monoisotopic (exact) mass is 267 g/mol. The summed E-state index contributed by atoms with van der Waals surface area (Å²) in [4.78, 5) is 14.2. The van der Waals surface area contributed by atoms with E-state index in [9.17, 15) is 9.90 Å². The van der Waals surface area contributed by atoms with Gasteiger partial charge in [0, 0.05) is 19.1 Å². The second kappa shape index (κ2) is 5.82. The first kappa shape index (κ1) is 14.8. The molecular formula is C16H29NO2. The van der Waals surface area contributed by atoms with Crippen LogP contribution in [0.15, 0.2) is 0 Å². The van der Waals surface area contributed by atoms with E-state index in [-0.39, 0.29) is 0 Å². The van der Waals surface area contributed by atoms with Crippen molar-refractivity contribution >= 4 is 5.97 Å². The Kier molecular flexibility index (Phi) is 4.54. The van der Waals surface area contributed by atoms with Crippen molar-refractivity contribution in [2.24, 2.45) is 17.3 Å². The van der Waals surface area contributed by atoms with E-state index < -0.39 is 11.4 Å². The fourth-order valence-electron chi connectivity index (χ4n) is 3.23. The summed E-state index contributed by atoms with van der Waals surface area (Å²) < 4.78 is 0. The third-order valence-corrected chi connectivity index (χ3v) is 5.11. The maximum absolute atomic E-state index is 11.8. The van der Waals surface area contributed by atoms with Gasteiger partial charge in [0.25, 0.3) is 0 Å². The van der Waals surface area contributed by atoms with Gasteiger partial charge in [0.15, 0.2) is 0 Å². The van der Waals surface area contributed by atoms with Crippen LogP contribution in [-0.2, 0) is 4.79 Å². The molecule has 0 aromatic carbocycles. The summed E-state index contributed by atoms with van der Waals surface area (Å²) >= 11 is 0. The van der Waals surface area contributed by atoms with Crippen LogP contribution in [0.4, 0.5) is 0 Å². The maximum Gasteiger partial charge on any atom is 0.310 e. The maximum atomic E-state index is 11.8. The zero-order valence-electron chi connectivity index (χ0n) is 12.7. The number of aliphatic carboxylic acids is 1. The summed E-state index contributed by atoms with van der Waals surface area (Å²) in [5, 5.41) is 9.73. The minimum Gasteiger partial charge on any atom is -0.481 e. The topological polar surface area (TPSA) is 40.5 Å². The van der Waals surface area contributed by atoms with E-state index in [1.54, 1.807) is 0 Å². The Morgan fingerprint density at radius 3 is 2.26 bits per heavy atom. The molecule has 2 saturated carbocycles. The van der Waals surface area contributed by atoms with Gasteiger partial charge in [-0.05, 0) is 64.2 Å². The second-order valence-electron chi connectivity index (χ2n) is 7.23. The highest BCUT2D eigenvalue weighted by Crippen LogP contribution is 2.41. The van der Waals surface area contributed by atoms with Crippen LogP contribution < -0.4 is 0 Å². The fraction of sp³-hybridized carbons (Fsp3) is 0.938. The zero-order valence-corrected chi connectivity index (χ0v) is 12.7. The van der Waals surface area contributed by atoms with E-state index in [2.05, 4.69) is 25.7 Å². The molecule has 2 rings (SSSR count). The molecule has 2 aliphatic carbocycles. The SMILES string of the molecule is CC1CCC(CN(CC2CC2)C(C)C)(C(=O)O)CC1. The fourth-order valence-corrected chi connectivity index (χ4v) is 3.23. The van der Waals surface area contributed by atoms with Gasteiger partial charge in [-0.1, -0.05) is 6.92 Å². The molecule has 0 aliphatic heterocycles. The van der Waals surface area contributed by atoms with Crippen LogP contribution in [0.3, 0.4) is 0 Å². The molecule has 110 valence electrons. The Hall–Kier alpha value is -0.570. The summed E-state index contributed by atoms with van der Waals surface area (Å²) in [5.74, 6) is 0.958. The lowest BCUT2D eigenvalue weighted by Crippen LogP contribution is -2.48. The smallest absolute Gasteiger partial charge is 0.310 e. The number of carbonyl (C=O) groups is 1. The number of carboxylic acid groups (broad SMARTS) is 1. The number of carboxylic acids is 1. The van der Waals surface area contributed by atoms with Crippen LogP contribution in [0.5, 0.6) is 0 Å². The lowest BCUT2D eigenvalue weighted by Gasteiger charge is -2.41. The molecule has 19 heavy (non-hydrogen) atoms. The third kappa shape index (κ3) is 3.71. The van der Waals surface area contributed by atoms with Gasteiger partial charge >= 0.3 is 5.97 Å². The molecule has 0 bridgehead atoms. The van der Waals surface area contributed by atoms with Crippen LogP contribution >= 0.6 is 0 Å². The van der Waals surface area contributed by atoms with E-state index in [0.717, 1.165) is 44.7 Å². The lowest BCUT2D eigenvalue weighted by atomic mass is 9.70. The van der Waals surface area contributed by atoms with E-state index in [4.69, 9.17) is 0 Å². The summed E-state index contributed by atoms with van der Waals surface area (Å²) in [6.45, 7) is 8.49. The highest BCUT2D eigenvalue weighted by atomic mass is 16.4. The highest BCUT2D eigenvalue weighted by molar-refractivity contribution is 5.75. The molecule has 2 fully saturated rings. The van der Waals surface area contributed by atoms with Crippen LogP contribution in [0.2, 0.25) is 0 Å². The Morgan fingerprint density at radius 2 is 1.84 bits per heavy atom. The van der Waals surface area contributed by atoms with Crippen molar-refractivity contribution in [3.05, 3.63) is 0 Å². The first-order valence-corrected chi connectivity index (χ1v) is 7.90. The van der Waals surface area contributed by atoms with Crippen molar-refractivity contribution in [3.63, 3.8) is 0 Å². The predicted octanol–water partition coefficient (Wildman–Crippen LogP) is 3.39. The van der Waals surface area contributed by atoms with E-state index in [0.29, 0.717) is 12.0 Å². The molecule has 0 saturated heterocycles. The summed E-state index contributed by atoms with van der Waals surface area (Å²) in [6.07, 6.45) is 6.53. The van der Waals surface area contributed by atoms with Gasteiger partial charge in [-0.25, -0.2) is 0 Å². The second-order valence-corrected chi connectivity index (χ2v) is 7.23. The van der Waals surface area contributed by atoms with Gasteiger partial charge in [-0.2, -0.15) is 0 Å². The minimum absolute atomic E-state index is 0.455. The van der Waals surface area contributed by atoms with Crippen molar-refractivity contribution in [1.82, 2.24) is 4.90 Å². The van der Waals surface area contributed by atoms with E-state index >= 15 is 0 Å². The van der Waals surface area contributed by atoms with Crippen molar-refractivity contribution in [1.29, 1.82) is 0 Å². The molecule has 0 aromatic rings. The molecule has 2 aliphatic rings. The molecule has 0 atom stereocenters. The molecule has 3 heteroatoms. The highest BCUT2D eigenvalue weighted by Gasteiger charge is 2.43. The molecule has 1 N–H and O–H groups in total. The number of hydrogen-bond acceptors (Lipinski definition) is 2.